The van der Waals surface area contributed by atoms with Crippen molar-refractivity contribution >= 4 is 11.5 Å². The minimum Gasteiger partial charge on any atom is -0.384 e. The molecule has 0 aromatic heterocycles. The molecule has 2 heterocycles. The molecule has 4 nitrogen and oxygen atoms in total. The molecular weight excluding hydrogens is 212 g/mol. The van der Waals surface area contributed by atoms with Crippen molar-refractivity contribution in [1.29, 1.82) is 0 Å². The summed E-state index contributed by atoms with van der Waals surface area (Å²) >= 11 is 0. The quantitative estimate of drug-likeness (QED) is 0.796. The van der Waals surface area contributed by atoms with Crippen LogP contribution in [0.5, 0.6) is 0 Å². The van der Waals surface area contributed by atoms with E-state index in [1.165, 1.54) is 5.56 Å². The summed E-state index contributed by atoms with van der Waals surface area (Å²) in [4.78, 5) is 8.75. The number of nitrogens with one attached hydrogen (secondary N) is 1. The second kappa shape index (κ2) is 4.05. The van der Waals surface area contributed by atoms with Crippen LogP contribution in [0.1, 0.15) is 12.0 Å². The zero-order chi connectivity index (χ0) is 11.7. The molecule has 0 spiro atoms. The third-order valence-electron chi connectivity index (χ3n) is 2.99. The van der Waals surface area contributed by atoms with Gasteiger partial charge in [-0.15, -0.1) is 0 Å². The van der Waals surface area contributed by atoms with Crippen LogP contribution in [0.3, 0.4) is 0 Å². The minimum atomic E-state index is 0.535. The first kappa shape index (κ1) is 10.1. The Morgan fingerprint density at radius 2 is 2.06 bits per heavy atom. The number of nitrogens with two attached hydrogens (primary N) is 1. The van der Waals surface area contributed by atoms with E-state index in [1.807, 2.05) is 18.2 Å². The van der Waals surface area contributed by atoms with Gasteiger partial charge in [0.15, 0.2) is 0 Å². The fraction of sp³-hybridized carbons (Fsp3) is 0.231. The summed E-state index contributed by atoms with van der Waals surface area (Å²) in [6.07, 6.45) is 1.69. The summed E-state index contributed by atoms with van der Waals surface area (Å²) in [6, 6.07) is 10.4. The minimum absolute atomic E-state index is 0.535. The highest BCUT2D eigenvalue weighted by atomic mass is 15.2. The molecule has 0 bridgehead atoms. The number of amidine groups is 1. The van der Waals surface area contributed by atoms with Crippen LogP contribution in [0.25, 0.3) is 0 Å². The topological polar surface area (TPSA) is 62.8 Å². The first-order valence-corrected chi connectivity index (χ1v) is 5.70. The third kappa shape index (κ3) is 1.93. The van der Waals surface area contributed by atoms with Gasteiger partial charge in [-0.25, -0.2) is 9.98 Å². The average molecular weight is 226 g/mol. The number of hydrogen-bond donors (Lipinski definition) is 2. The van der Waals surface area contributed by atoms with Crippen molar-refractivity contribution in [3.05, 3.63) is 47.3 Å². The number of rotatable bonds is 2. The molecule has 0 saturated heterocycles. The summed E-state index contributed by atoms with van der Waals surface area (Å²) < 4.78 is 0. The van der Waals surface area contributed by atoms with Gasteiger partial charge in [0.05, 0.1) is 0 Å². The Morgan fingerprint density at radius 3 is 2.82 bits per heavy atom. The highest BCUT2D eigenvalue weighted by Gasteiger charge is 2.22. The van der Waals surface area contributed by atoms with Crippen LogP contribution in [0.4, 0.5) is 0 Å². The Kier molecular flexibility index (Phi) is 2.40. The maximum Gasteiger partial charge on any atom is 0.134 e. The summed E-state index contributed by atoms with van der Waals surface area (Å²) in [7, 11) is 0. The van der Waals surface area contributed by atoms with E-state index in [-0.39, 0.29) is 0 Å². The summed E-state index contributed by atoms with van der Waals surface area (Å²) in [5.74, 6) is 1.54. The van der Waals surface area contributed by atoms with Crippen molar-refractivity contribution in [3.63, 3.8) is 0 Å². The first-order valence-electron chi connectivity index (χ1n) is 5.70. The zero-order valence-corrected chi connectivity index (χ0v) is 9.48. The second-order valence-electron chi connectivity index (χ2n) is 4.22. The Labute approximate surface area is 100.0 Å². The summed E-state index contributed by atoms with van der Waals surface area (Å²) in [6.45, 7) is 0.535. The molecule has 4 heteroatoms. The molecule has 0 amide bonds. The van der Waals surface area contributed by atoms with Crippen molar-refractivity contribution in [3.8, 4) is 0 Å². The Bertz CT molecular complexity index is 526. The van der Waals surface area contributed by atoms with E-state index in [1.54, 1.807) is 0 Å². The Morgan fingerprint density at radius 1 is 1.24 bits per heavy atom. The smallest absolute Gasteiger partial charge is 0.134 e. The number of aliphatic imine (C=N–C) groups is 2. The Balaban J connectivity index is 1.76. The van der Waals surface area contributed by atoms with Crippen LogP contribution < -0.4 is 11.1 Å². The van der Waals surface area contributed by atoms with E-state index in [0.29, 0.717) is 12.5 Å². The lowest BCUT2D eigenvalue weighted by Crippen LogP contribution is -2.27. The lowest BCUT2D eigenvalue weighted by atomic mass is 10.0. The van der Waals surface area contributed by atoms with Gasteiger partial charge in [0.1, 0.15) is 18.3 Å². The van der Waals surface area contributed by atoms with Crippen LogP contribution in [0, 0.1) is 0 Å². The summed E-state index contributed by atoms with van der Waals surface area (Å²) in [5.41, 5.74) is 9.32. The molecule has 0 aliphatic carbocycles. The fourth-order valence-electron chi connectivity index (χ4n) is 2.14. The molecule has 0 radical (unpaired) electrons. The lowest BCUT2D eigenvalue weighted by molar-refractivity contribution is 0.796. The number of nitrogens with zero attached hydrogens (tertiary/aromatic N) is 2. The fourth-order valence-corrected chi connectivity index (χ4v) is 2.14. The molecule has 0 unspecified atom stereocenters. The summed E-state index contributed by atoms with van der Waals surface area (Å²) in [5, 5.41) is 3.15. The van der Waals surface area contributed by atoms with Gasteiger partial charge in [-0.3, -0.25) is 0 Å². The van der Waals surface area contributed by atoms with Gasteiger partial charge >= 0.3 is 0 Å². The van der Waals surface area contributed by atoms with E-state index in [9.17, 15) is 0 Å². The highest BCUT2D eigenvalue weighted by molar-refractivity contribution is 6.07. The molecule has 2 aliphatic heterocycles. The molecule has 3 N–H and O–H groups in total. The van der Waals surface area contributed by atoms with Crippen LogP contribution in [0.15, 0.2) is 51.7 Å². The van der Waals surface area contributed by atoms with Gasteiger partial charge in [0.25, 0.3) is 0 Å². The van der Waals surface area contributed by atoms with Crippen LogP contribution >= 0.6 is 0 Å². The molecular formula is C13H14N4. The predicted molar refractivity (Wildman–Crippen MR) is 68.8 cm³/mol. The monoisotopic (exact) mass is 226 g/mol. The number of hydrogen-bond acceptors (Lipinski definition) is 4. The first-order chi connectivity index (χ1) is 8.33. The molecule has 3 rings (SSSR count). The van der Waals surface area contributed by atoms with Gasteiger partial charge in [-0.1, -0.05) is 30.3 Å². The maximum atomic E-state index is 5.85. The molecule has 0 saturated carbocycles. The molecule has 0 atom stereocenters. The van der Waals surface area contributed by atoms with Gasteiger partial charge < -0.3 is 11.1 Å². The molecule has 2 aliphatic rings. The van der Waals surface area contributed by atoms with Crippen LogP contribution in [-0.2, 0) is 6.42 Å². The third-order valence-corrected chi connectivity index (χ3v) is 2.99. The molecule has 17 heavy (non-hydrogen) atoms. The SMILES string of the molecule is NC1=NCNC2=C1CC(Cc1ccccc1)=N2. The van der Waals surface area contributed by atoms with Gasteiger partial charge in [-0.05, 0) is 5.56 Å². The van der Waals surface area contributed by atoms with E-state index in [4.69, 9.17) is 5.73 Å². The van der Waals surface area contributed by atoms with Crippen LogP contribution in [0.2, 0.25) is 0 Å². The van der Waals surface area contributed by atoms with Crippen molar-refractivity contribution in [2.75, 3.05) is 6.67 Å². The van der Waals surface area contributed by atoms with Crippen LogP contribution in [-0.4, -0.2) is 18.2 Å². The maximum absolute atomic E-state index is 5.85. The number of benzene rings is 1. The van der Waals surface area contributed by atoms with Crippen molar-refractivity contribution in [2.45, 2.75) is 12.8 Å². The largest absolute Gasteiger partial charge is 0.384 e. The lowest BCUT2D eigenvalue weighted by Gasteiger charge is -2.11. The standard InChI is InChI=1S/C13H14N4/c14-12-11-7-10(17-13(11)16-8-15-12)6-9-4-2-1-3-5-9/h1-5,16H,6-8H2,(H2,14,15). The van der Waals surface area contributed by atoms with Gasteiger partial charge in [-0.2, -0.15) is 0 Å². The normalized spacial score (nSPS) is 18.4. The average Bonchev–Trinajstić information content (AvgIpc) is 2.74. The molecule has 1 aromatic carbocycles. The molecule has 1 aromatic rings. The van der Waals surface area contributed by atoms with Crippen molar-refractivity contribution in [1.82, 2.24) is 5.32 Å². The van der Waals surface area contributed by atoms with Gasteiger partial charge in [0.2, 0.25) is 0 Å². The van der Waals surface area contributed by atoms with Gasteiger partial charge in [0, 0.05) is 24.1 Å². The van der Waals surface area contributed by atoms with Crippen molar-refractivity contribution < 1.29 is 0 Å². The second-order valence-corrected chi connectivity index (χ2v) is 4.22. The van der Waals surface area contributed by atoms with E-state index in [2.05, 4.69) is 27.4 Å². The molecule has 0 fully saturated rings. The van der Waals surface area contributed by atoms with Crippen molar-refractivity contribution in [2.24, 2.45) is 15.7 Å². The highest BCUT2D eigenvalue weighted by Crippen LogP contribution is 2.22. The zero-order valence-electron chi connectivity index (χ0n) is 9.48. The van der Waals surface area contributed by atoms with E-state index in [0.717, 1.165) is 29.9 Å². The molecule has 86 valence electrons. The van der Waals surface area contributed by atoms with E-state index < -0.39 is 0 Å². The van der Waals surface area contributed by atoms with E-state index >= 15 is 0 Å². The predicted octanol–water partition coefficient (Wildman–Crippen LogP) is 1.20. The Hall–Kier alpha value is -2.10.